The van der Waals surface area contributed by atoms with Crippen molar-refractivity contribution in [2.75, 3.05) is 13.1 Å². The molecule has 0 atom stereocenters. The molecule has 1 fully saturated rings. The van der Waals surface area contributed by atoms with E-state index in [0.29, 0.717) is 12.1 Å². The second kappa shape index (κ2) is 10.4. The molecule has 0 amide bonds. The predicted octanol–water partition coefficient (Wildman–Crippen LogP) is 5.61. The van der Waals surface area contributed by atoms with Crippen molar-refractivity contribution in [2.45, 2.75) is 39.8 Å². The van der Waals surface area contributed by atoms with Crippen LogP contribution in [-0.4, -0.2) is 39.3 Å². The van der Waals surface area contributed by atoms with Crippen LogP contribution in [0.5, 0.6) is 0 Å². The van der Waals surface area contributed by atoms with Crippen molar-refractivity contribution in [3.63, 3.8) is 0 Å². The van der Waals surface area contributed by atoms with E-state index in [1.807, 2.05) is 0 Å². The normalized spacial score (nSPS) is 17.2. The van der Waals surface area contributed by atoms with E-state index >= 15 is 0 Å². The first-order chi connectivity index (χ1) is 15.8. The number of benzene rings is 3. The summed E-state index contributed by atoms with van der Waals surface area (Å²) >= 11 is -3.63. The van der Waals surface area contributed by atoms with Crippen LogP contribution in [0.1, 0.15) is 27.7 Å². The Kier molecular flexibility index (Phi) is 7.91. The van der Waals surface area contributed by atoms with Crippen LogP contribution in [0.15, 0.2) is 91.0 Å². The van der Waals surface area contributed by atoms with Crippen molar-refractivity contribution in [1.29, 1.82) is 0 Å². The molecular weight excluding hydrogens is 555 g/mol. The third kappa shape index (κ3) is 4.42. The second-order valence-corrected chi connectivity index (χ2v) is 30.0. The van der Waals surface area contributed by atoms with Gasteiger partial charge in [0, 0.05) is 0 Å². The van der Waals surface area contributed by atoms with Gasteiger partial charge in [-0.15, -0.1) is 0 Å². The van der Waals surface area contributed by atoms with Gasteiger partial charge in [-0.3, -0.25) is 0 Å². The third-order valence-corrected chi connectivity index (χ3v) is 31.2. The SMILES string of the molecule is CC(C)N1CCN(C(C)C)[C]1=[Ru]([Cl])([Cl])[PH](c1ccccc1)(c1ccccc1)c1ccccc1. The Labute approximate surface area is 209 Å². The Hall–Kier alpha value is -0.917. The van der Waals surface area contributed by atoms with Crippen molar-refractivity contribution in [1.82, 2.24) is 9.80 Å². The van der Waals surface area contributed by atoms with E-state index in [1.54, 1.807) is 0 Å². The summed E-state index contributed by atoms with van der Waals surface area (Å²) in [5, 5.41) is 3.85. The molecule has 3 aromatic carbocycles. The van der Waals surface area contributed by atoms with Crippen LogP contribution in [0.3, 0.4) is 0 Å². The molecular formula is C27H34Cl2N2PRu. The first kappa shape index (κ1) is 25.2. The van der Waals surface area contributed by atoms with Crippen LogP contribution in [0.25, 0.3) is 0 Å². The Bertz CT molecular complexity index is 1000. The zero-order valence-corrected chi connectivity index (χ0v) is 24.0. The molecule has 0 saturated carbocycles. The van der Waals surface area contributed by atoms with Crippen molar-refractivity contribution in [3.8, 4) is 0 Å². The summed E-state index contributed by atoms with van der Waals surface area (Å²) < 4.78 is 1.21. The van der Waals surface area contributed by atoms with Crippen LogP contribution in [0.4, 0.5) is 0 Å². The van der Waals surface area contributed by atoms with Crippen LogP contribution >= 0.6 is 25.0 Å². The summed E-state index contributed by atoms with van der Waals surface area (Å²) in [6.07, 6.45) is 0. The van der Waals surface area contributed by atoms with Crippen molar-refractivity contribution >= 4 is 45.2 Å². The molecule has 2 nitrogen and oxygen atoms in total. The molecule has 0 bridgehead atoms. The molecule has 179 valence electrons. The van der Waals surface area contributed by atoms with Gasteiger partial charge in [0.15, 0.2) is 0 Å². The van der Waals surface area contributed by atoms with E-state index in [0.717, 1.165) is 13.1 Å². The number of rotatable bonds is 6. The van der Waals surface area contributed by atoms with Gasteiger partial charge in [0.05, 0.1) is 0 Å². The number of halogens is 2. The monoisotopic (exact) mass is 589 g/mol. The quantitative estimate of drug-likeness (QED) is 0.273. The maximum atomic E-state index is 8.02. The summed E-state index contributed by atoms with van der Waals surface area (Å²) in [6.45, 7) is 11.0. The fourth-order valence-electron chi connectivity index (χ4n) is 4.74. The zero-order valence-electron chi connectivity index (χ0n) is 19.7. The summed E-state index contributed by atoms with van der Waals surface area (Å²) in [6, 6.07) is 33.2. The summed E-state index contributed by atoms with van der Waals surface area (Å²) in [5.41, 5.74) is -2.81. The molecule has 4 rings (SSSR count). The van der Waals surface area contributed by atoms with E-state index in [4.69, 9.17) is 19.4 Å². The van der Waals surface area contributed by atoms with Gasteiger partial charge < -0.3 is 0 Å². The molecule has 1 aliphatic heterocycles. The first-order valence-corrected chi connectivity index (χ1v) is 21.3. The van der Waals surface area contributed by atoms with E-state index in [-0.39, 0.29) is 0 Å². The minimum absolute atomic E-state index is 0.343. The Morgan fingerprint density at radius 2 is 0.909 bits per heavy atom. The molecule has 1 heterocycles. The summed E-state index contributed by atoms with van der Waals surface area (Å²) in [7, 11) is 16.0. The van der Waals surface area contributed by atoms with Crippen molar-refractivity contribution < 1.29 is 11.9 Å². The fourth-order valence-corrected chi connectivity index (χ4v) is 32.5. The summed E-state index contributed by atoms with van der Waals surface area (Å²) in [5.74, 6) is 0. The maximum absolute atomic E-state index is 8.02. The van der Waals surface area contributed by atoms with Gasteiger partial charge in [-0.05, 0) is 0 Å². The number of hydrogen-bond donors (Lipinski definition) is 0. The third-order valence-electron chi connectivity index (χ3n) is 6.31. The van der Waals surface area contributed by atoms with Crippen LogP contribution in [-0.2, 0) is 11.9 Å². The van der Waals surface area contributed by atoms with E-state index in [9.17, 15) is 0 Å². The zero-order chi connectivity index (χ0) is 23.6. The average molecular weight is 590 g/mol. The van der Waals surface area contributed by atoms with E-state index in [2.05, 4.69) is 128 Å². The number of nitrogens with zero attached hydrogens (tertiary/aromatic N) is 2. The van der Waals surface area contributed by atoms with Crippen molar-refractivity contribution in [2.24, 2.45) is 0 Å². The molecule has 33 heavy (non-hydrogen) atoms. The predicted molar refractivity (Wildman–Crippen MR) is 147 cm³/mol. The average Bonchev–Trinajstić information content (AvgIpc) is 3.29. The van der Waals surface area contributed by atoms with Crippen LogP contribution < -0.4 is 15.9 Å². The van der Waals surface area contributed by atoms with Crippen molar-refractivity contribution in [3.05, 3.63) is 91.0 Å². The molecule has 0 radical (unpaired) electrons. The molecule has 6 heteroatoms. The van der Waals surface area contributed by atoms with Gasteiger partial charge >= 0.3 is 211 Å². The molecule has 0 aromatic heterocycles. The molecule has 3 aromatic rings. The van der Waals surface area contributed by atoms with Gasteiger partial charge in [-0.25, -0.2) is 0 Å². The summed E-state index contributed by atoms with van der Waals surface area (Å²) in [4.78, 5) is 4.98. The Balaban J connectivity index is 2.21. The van der Waals surface area contributed by atoms with Gasteiger partial charge in [0.1, 0.15) is 0 Å². The second-order valence-electron chi connectivity index (χ2n) is 8.98. The van der Waals surface area contributed by atoms with Crippen LogP contribution in [0.2, 0.25) is 0 Å². The van der Waals surface area contributed by atoms with Gasteiger partial charge in [-0.2, -0.15) is 0 Å². The molecule has 1 saturated heterocycles. The van der Waals surface area contributed by atoms with E-state index < -0.39 is 17.5 Å². The standard InChI is InChI=1S/C18H15P.C9H18N2.2ClH.Ru/c1-4-10-16(11-5-1)19(17-12-6-2-7-13-17)18-14-8-3-9-15-18;1-8(2)10-5-6-11(7-10)9(3)4;;;/h1-15H;8-9H,5-6H2,1-4H3;2*1H;/q;;;;+1/p-1. The molecule has 0 N–H and O–H groups in total. The molecule has 0 unspecified atom stereocenters. The van der Waals surface area contributed by atoms with Gasteiger partial charge in [-0.1, -0.05) is 0 Å². The Morgan fingerprint density at radius 1 is 0.606 bits per heavy atom. The molecule has 1 aliphatic rings. The molecule has 0 aliphatic carbocycles. The van der Waals surface area contributed by atoms with Gasteiger partial charge in [0.2, 0.25) is 0 Å². The van der Waals surface area contributed by atoms with Gasteiger partial charge in [0.25, 0.3) is 0 Å². The fraction of sp³-hybridized carbons (Fsp3) is 0.296. The molecule has 0 spiro atoms. The Morgan fingerprint density at radius 3 is 1.18 bits per heavy atom. The number of hydrogen-bond acceptors (Lipinski definition) is 2. The minimum atomic E-state index is -3.63. The first-order valence-electron chi connectivity index (χ1n) is 11.5. The van der Waals surface area contributed by atoms with Crippen LogP contribution in [0, 0.1) is 0 Å². The topological polar surface area (TPSA) is 6.48 Å². The van der Waals surface area contributed by atoms with E-state index in [1.165, 1.54) is 20.3 Å².